The molecule has 122 valence electrons. The SMILES string of the molecule is CN(CCC(=O)N1CCc2sccc2C1)[C@H]1CCS(=O)(=O)C1. The predicted octanol–water partition coefficient (Wildman–Crippen LogP) is 1.14. The number of carbonyl (C=O) groups is 1. The van der Waals surface area contributed by atoms with Crippen LogP contribution in [0.5, 0.6) is 0 Å². The molecule has 0 saturated carbocycles. The summed E-state index contributed by atoms with van der Waals surface area (Å²) in [5.74, 6) is 0.687. The quantitative estimate of drug-likeness (QED) is 0.823. The first-order valence-electron chi connectivity index (χ1n) is 7.68. The molecule has 1 aromatic heterocycles. The molecule has 3 heterocycles. The van der Waals surface area contributed by atoms with E-state index < -0.39 is 9.84 Å². The standard InChI is InChI=1S/C15H22N2O3S2/c1-16(13-5-9-22(19,20)11-13)6-3-15(18)17-7-2-14-12(10-17)4-8-21-14/h4,8,13H,2-3,5-7,9-11H2,1H3/t13-/m0/s1. The van der Waals surface area contributed by atoms with E-state index >= 15 is 0 Å². The molecule has 5 nitrogen and oxygen atoms in total. The van der Waals surface area contributed by atoms with Crippen LogP contribution in [0.2, 0.25) is 0 Å². The molecule has 0 spiro atoms. The number of hydrogen-bond acceptors (Lipinski definition) is 5. The van der Waals surface area contributed by atoms with Gasteiger partial charge in [0.2, 0.25) is 5.91 Å². The van der Waals surface area contributed by atoms with Crippen molar-refractivity contribution in [1.82, 2.24) is 9.80 Å². The highest BCUT2D eigenvalue weighted by Gasteiger charge is 2.31. The van der Waals surface area contributed by atoms with Gasteiger partial charge < -0.3 is 9.80 Å². The summed E-state index contributed by atoms with van der Waals surface area (Å²) in [4.78, 5) is 17.7. The molecule has 1 amide bonds. The Morgan fingerprint density at radius 2 is 2.32 bits per heavy atom. The molecular formula is C15H22N2O3S2. The number of amides is 1. The molecule has 0 radical (unpaired) electrons. The molecule has 1 aromatic rings. The van der Waals surface area contributed by atoms with Gasteiger partial charge >= 0.3 is 0 Å². The molecule has 0 bridgehead atoms. The van der Waals surface area contributed by atoms with Crippen molar-refractivity contribution in [1.29, 1.82) is 0 Å². The first-order chi connectivity index (χ1) is 10.4. The first kappa shape index (κ1) is 16.0. The minimum absolute atomic E-state index is 0.0719. The number of fused-ring (bicyclic) bond motifs is 1. The maximum absolute atomic E-state index is 12.4. The van der Waals surface area contributed by atoms with Crippen LogP contribution in [0.1, 0.15) is 23.3 Å². The largest absolute Gasteiger partial charge is 0.338 e. The van der Waals surface area contributed by atoms with E-state index in [9.17, 15) is 13.2 Å². The normalized spacial score (nSPS) is 23.7. The molecule has 0 aliphatic carbocycles. The molecule has 2 aliphatic heterocycles. The van der Waals surface area contributed by atoms with Gasteiger partial charge in [0.05, 0.1) is 11.5 Å². The Bertz CT molecular complexity index is 653. The van der Waals surface area contributed by atoms with E-state index in [0.29, 0.717) is 19.4 Å². The van der Waals surface area contributed by atoms with Crippen molar-refractivity contribution in [2.45, 2.75) is 31.8 Å². The third-order valence-corrected chi connectivity index (χ3v) is 7.44. The monoisotopic (exact) mass is 342 g/mol. The lowest BCUT2D eigenvalue weighted by atomic mass is 10.1. The highest BCUT2D eigenvalue weighted by atomic mass is 32.2. The molecule has 22 heavy (non-hydrogen) atoms. The van der Waals surface area contributed by atoms with Gasteiger partial charge in [-0.3, -0.25) is 4.79 Å². The summed E-state index contributed by atoms with van der Waals surface area (Å²) in [6.07, 6.45) is 2.11. The molecule has 1 atom stereocenters. The lowest BCUT2D eigenvalue weighted by Gasteiger charge is -2.29. The van der Waals surface area contributed by atoms with Crippen molar-refractivity contribution in [3.63, 3.8) is 0 Å². The fourth-order valence-corrected chi connectivity index (χ4v) is 5.89. The molecule has 0 aromatic carbocycles. The van der Waals surface area contributed by atoms with E-state index in [1.165, 1.54) is 10.4 Å². The summed E-state index contributed by atoms with van der Waals surface area (Å²) >= 11 is 1.77. The molecule has 1 fully saturated rings. The maximum atomic E-state index is 12.4. The second kappa shape index (κ2) is 6.29. The van der Waals surface area contributed by atoms with Gasteiger partial charge in [0.15, 0.2) is 9.84 Å². The minimum Gasteiger partial charge on any atom is -0.338 e. The zero-order valence-corrected chi connectivity index (χ0v) is 14.5. The van der Waals surface area contributed by atoms with Crippen LogP contribution >= 0.6 is 11.3 Å². The Kier molecular flexibility index (Phi) is 4.56. The molecule has 2 aliphatic rings. The van der Waals surface area contributed by atoms with Crippen molar-refractivity contribution >= 4 is 27.1 Å². The Labute approximate surface area is 135 Å². The van der Waals surface area contributed by atoms with E-state index in [1.54, 1.807) is 11.3 Å². The van der Waals surface area contributed by atoms with E-state index in [-0.39, 0.29) is 23.5 Å². The summed E-state index contributed by atoms with van der Waals surface area (Å²) in [6, 6.07) is 2.18. The van der Waals surface area contributed by atoms with Gasteiger partial charge in [-0.2, -0.15) is 0 Å². The number of nitrogens with zero attached hydrogens (tertiary/aromatic N) is 2. The van der Waals surface area contributed by atoms with Gasteiger partial charge in [-0.15, -0.1) is 11.3 Å². The molecular weight excluding hydrogens is 320 g/mol. The molecule has 0 unspecified atom stereocenters. The number of hydrogen-bond donors (Lipinski definition) is 0. The second-order valence-corrected chi connectivity index (χ2v) is 9.45. The van der Waals surface area contributed by atoms with Crippen molar-refractivity contribution in [3.8, 4) is 0 Å². The van der Waals surface area contributed by atoms with Crippen LogP contribution in [0.3, 0.4) is 0 Å². The highest BCUT2D eigenvalue weighted by Crippen LogP contribution is 2.24. The molecule has 3 rings (SSSR count). The number of carbonyl (C=O) groups excluding carboxylic acids is 1. The zero-order chi connectivity index (χ0) is 15.7. The highest BCUT2D eigenvalue weighted by molar-refractivity contribution is 7.91. The van der Waals surface area contributed by atoms with Crippen LogP contribution in [0.15, 0.2) is 11.4 Å². The molecule has 7 heteroatoms. The minimum atomic E-state index is -2.86. The summed E-state index contributed by atoms with van der Waals surface area (Å²) in [5.41, 5.74) is 1.28. The van der Waals surface area contributed by atoms with E-state index in [4.69, 9.17) is 0 Å². The molecule has 0 N–H and O–H groups in total. The van der Waals surface area contributed by atoms with Crippen molar-refractivity contribution < 1.29 is 13.2 Å². The van der Waals surface area contributed by atoms with Crippen molar-refractivity contribution in [2.24, 2.45) is 0 Å². The summed E-state index contributed by atoms with van der Waals surface area (Å²) in [5, 5.41) is 2.09. The fraction of sp³-hybridized carbons (Fsp3) is 0.667. The predicted molar refractivity (Wildman–Crippen MR) is 87.7 cm³/mol. The zero-order valence-electron chi connectivity index (χ0n) is 12.8. The summed E-state index contributed by atoms with van der Waals surface area (Å²) < 4.78 is 23.0. The van der Waals surface area contributed by atoms with Crippen molar-refractivity contribution in [3.05, 3.63) is 21.9 Å². The number of thiophene rings is 1. The third kappa shape index (κ3) is 3.52. The summed E-state index contributed by atoms with van der Waals surface area (Å²) in [7, 11) is -0.940. The average Bonchev–Trinajstić information content (AvgIpc) is 3.09. The number of sulfone groups is 1. The van der Waals surface area contributed by atoms with Crippen LogP contribution in [0, 0.1) is 0 Å². The van der Waals surface area contributed by atoms with E-state index in [1.807, 2.05) is 16.8 Å². The Hall–Kier alpha value is -0.920. The van der Waals surface area contributed by atoms with Crippen LogP contribution < -0.4 is 0 Å². The van der Waals surface area contributed by atoms with Crippen LogP contribution in [-0.2, 0) is 27.6 Å². The Morgan fingerprint density at radius 3 is 3.05 bits per heavy atom. The van der Waals surface area contributed by atoms with E-state index in [2.05, 4.69) is 11.4 Å². The van der Waals surface area contributed by atoms with E-state index in [0.717, 1.165) is 19.5 Å². The van der Waals surface area contributed by atoms with Crippen molar-refractivity contribution in [2.75, 3.05) is 31.6 Å². The maximum Gasteiger partial charge on any atom is 0.224 e. The first-order valence-corrected chi connectivity index (χ1v) is 10.4. The Morgan fingerprint density at radius 1 is 1.50 bits per heavy atom. The van der Waals surface area contributed by atoms with Gasteiger partial charge in [-0.1, -0.05) is 0 Å². The lowest BCUT2D eigenvalue weighted by Crippen LogP contribution is -2.39. The van der Waals surface area contributed by atoms with Gasteiger partial charge in [-0.05, 0) is 36.9 Å². The second-order valence-electron chi connectivity index (χ2n) is 6.22. The molecule has 1 saturated heterocycles. The van der Waals surface area contributed by atoms with Gasteiger partial charge in [0.25, 0.3) is 0 Å². The van der Waals surface area contributed by atoms with Gasteiger partial charge in [0, 0.05) is 37.0 Å². The fourth-order valence-electron chi connectivity index (χ4n) is 3.20. The van der Waals surface area contributed by atoms with Gasteiger partial charge in [0.1, 0.15) is 0 Å². The smallest absolute Gasteiger partial charge is 0.224 e. The topological polar surface area (TPSA) is 57.7 Å². The van der Waals surface area contributed by atoms with Gasteiger partial charge in [-0.25, -0.2) is 8.42 Å². The lowest BCUT2D eigenvalue weighted by molar-refractivity contribution is -0.132. The third-order valence-electron chi connectivity index (χ3n) is 4.67. The van der Waals surface area contributed by atoms with Crippen LogP contribution in [-0.4, -0.2) is 61.8 Å². The van der Waals surface area contributed by atoms with Crippen LogP contribution in [0.25, 0.3) is 0 Å². The summed E-state index contributed by atoms with van der Waals surface area (Å²) in [6.45, 7) is 2.15. The van der Waals surface area contributed by atoms with Crippen LogP contribution in [0.4, 0.5) is 0 Å². The Balaban J connectivity index is 1.49. The number of rotatable bonds is 4. The average molecular weight is 342 g/mol.